The minimum absolute atomic E-state index is 0.390. The van der Waals surface area contributed by atoms with Crippen molar-refractivity contribution < 1.29 is 4.74 Å². The molecule has 2 nitrogen and oxygen atoms in total. The molecular weight excluding hydrogens is 258 g/mol. The number of hydrogen-bond donors (Lipinski definition) is 1. The van der Waals surface area contributed by atoms with Crippen LogP contribution >= 0.6 is 0 Å². The van der Waals surface area contributed by atoms with Gasteiger partial charge in [-0.25, -0.2) is 0 Å². The van der Waals surface area contributed by atoms with E-state index in [2.05, 4.69) is 64.2 Å². The Morgan fingerprint density at radius 3 is 2.24 bits per heavy atom. The minimum Gasteiger partial charge on any atom is -0.493 e. The van der Waals surface area contributed by atoms with Gasteiger partial charge in [-0.15, -0.1) is 0 Å². The Labute approximate surface area is 131 Å². The Morgan fingerprint density at radius 2 is 1.67 bits per heavy atom. The molecule has 0 heterocycles. The first-order chi connectivity index (χ1) is 10.0. The standard InChI is InChI=1S/C19H33NO/c1-6-7-8-9-16(4)20-17(5)18-10-12-19(13-11-18)21-14-15(2)3/h10-13,15-17,20H,6-9,14H2,1-5H3. The summed E-state index contributed by atoms with van der Waals surface area (Å²) in [5, 5.41) is 3.68. The minimum atomic E-state index is 0.390. The Kier molecular flexibility index (Phi) is 8.44. The van der Waals surface area contributed by atoms with Crippen LogP contribution in [0.15, 0.2) is 24.3 Å². The van der Waals surface area contributed by atoms with E-state index in [1.165, 1.54) is 31.2 Å². The van der Waals surface area contributed by atoms with Gasteiger partial charge >= 0.3 is 0 Å². The molecule has 0 saturated heterocycles. The number of nitrogens with one attached hydrogen (secondary N) is 1. The van der Waals surface area contributed by atoms with E-state index in [1.54, 1.807) is 0 Å². The predicted octanol–water partition coefficient (Wildman–Crippen LogP) is 5.34. The quantitative estimate of drug-likeness (QED) is 0.587. The SMILES string of the molecule is CCCCCC(C)NC(C)c1ccc(OCC(C)C)cc1. The van der Waals surface area contributed by atoms with Crippen LogP contribution in [0.1, 0.15) is 71.9 Å². The predicted molar refractivity (Wildman–Crippen MR) is 91.9 cm³/mol. The van der Waals surface area contributed by atoms with E-state index in [9.17, 15) is 0 Å². The van der Waals surface area contributed by atoms with Gasteiger partial charge in [-0.3, -0.25) is 0 Å². The summed E-state index contributed by atoms with van der Waals surface area (Å²) in [5.41, 5.74) is 1.33. The summed E-state index contributed by atoms with van der Waals surface area (Å²) in [7, 11) is 0. The van der Waals surface area contributed by atoms with Gasteiger partial charge in [-0.1, -0.05) is 52.2 Å². The molecule has 1 aromatic carbocycles. The van der Waals surface area contributed by atoms with Gasteiger partial charge in [0.1, 0.15) is 5.75 Å². The summed E-state index contributed by atoms with van der Waals surface area (Å²) in [4.78, 5) is 0. The fourth-order valence-corrected chi connectivity index (χ4v) is 2.42. The normalized spacial score (nSPS) is 14.2. The summed E-state index contributed by atoms with van der Waals surface area (Å²) < 4.78 is 5.73. The molecule has 0 spiro atoms. The summed E-state index contributed by atoms with van der Waals surface area (Å²) in [5.74, 6) is 1.53. The van der Waals surface area contributed by atoms with Gasteiger partial charge in [-0.05, 0) is 43.9 Å². The monoisotopic (exact) mass is 291 g/mol. The fraction of sp³-hybridized carbons (Fsp3) is 0.684. The molecule has 0 aliphatic rings. The number of rotatable bonds is 10. The summed E-state index contributed by atoms with van der Waals surface area (Å²) in [6.45, 7) is 11.9. The average molecular weight is 291 g/mol. The second-order valence-electron chi connectivity index (χ2n) is 6.56. The molecule has 1 N–H and O–H groups in total. The molecular formula is C19H33NO. The van der Waals surface area contributed by atoms with Gasteiger partial charge in [0, 0.05) is 12.1 Å². The molecule has 1 rings (SSSR count). The fourth-order valence-electron chi connectivity index (χ4n) is 2.42. The maximum absolute atomic E-state index is 5.73. The second-order valence-corrected chi connectivity index (χ2v) is 6.56. The third-order valence-electron chi connectivity index (χ3n) is 3.74. The Bertz CT molecular complexity index is 372. The van der Waals surface area contributed by atoms with E-state index in [-0.39, 0.29) is 0 Å². The number of unbranched alkanes of at least 4 members (excludes halogenated alkanes) is 2. The zero-order chi connectivity index (χ0) is 15.7. The number of ether oxygens (including phenoxy) is 1. The Morgan fingerprint density at radius 1 is 1.00 bits per heavy atom. The molecule has 0 aliphatic heterocycles. The highest BCUT2D eigenvalue weighted by molar-refractivity contribution is 5.29. The van der Waals surface area contributed by atoms with Crippen molar-refractivity contribution in [1.82, 2.24) is 5.32 Å². The number of benzene rings is 1. The van der Waals surface area contributed by atoms with Crippen molar-refractivity contribution in [2.75, 3.05) is 6.61 Å². The summed E-state index contributed by atoms with van der Waals surface area (Å²) in [6.07, 6.45) is 5.20. The highest BCUT2D eigenvalue weighted by atomic mass is 16.5. The van der Waals surface area contributed by atoms with Crippen molar-refractivity contribution in [3.63, 3.8) is 0 Å². The molecule has 0 fully saturated rings. The third-order valence-corrected chi connectivity index (χ3v) is 3.74. The lowest BCUT2D eigenvalue weighted by molar-refractivity contribution is 0.271. The van der Waals surface area contributed by atoms with Gasteiger partial charge in [0.15, 0.2) is 0 Å². The first-order valence-corrected chi connectivity index (χ1v) is 8.51. The first-order valence-electron chi connectivity index (χ1n) is 8.51. The van der Waals surface area contributed by atoms with E-state index >= 15 is 0 Å². The molecule has 120 valence electrons. The van der Waals surface area contributed by atoms with Crippen LogP contribution in [0, 0.1) is 5.92 Å². The molecule has 2 atom stereocenters. The molecule has 0 bridgehead atoms. The van der Waals surface area contributed by atoms with Crippen molar-refractivity contribution in [3.8, 4) is 5.75 Å². The molecule has 0 radical (unpaired) electrons. The molecule has 0 saturated carbocycles. The van der Waals surface area contributed by atoms with E-state index < -0.39 is 0 Å². The molecule has 21 heavy (non-hydrogen) atoms. The van der Waals surface area contributed by atoms with Crippen molar-refractivity contribution in [2.45, 2.75) is 72.4 Å². The van der Waals surface area contributed by atoms with Crippen molar-refractivity contribution >= 4 is 0 Å². The van der Waals surface area contributed by atoms with Crippen LogP contribution in [0.5, 0.6) is 5.75 Å². The Hall–Kier alpha value is -1.02. The van der Waals surface area contributed by atoms with Crippen molar-refractivity contribution in [2.24, 2.45) is 5.92 Å². The van der Waals surface area contributed by atoms with Gasteiger partial charge in [-0.2, -0.15) is 0 Å². The van der Waals surface area contributed by atoms with Gasteiger partial charge in [0.05, 0.1) is 6.61 Å². The van der Waals surface area contributed by atoms with Crippen LogP contribution in [0.4, 0.5) is 0 Å². The molecule has 2 heteroatoms. The smallest absolute Gasteiger partial charge is 0.119 e. The largest absolute Gasteiger partial charge is 0.493 e. The van der Waals surface area contributed by atoms with Crippen LogP contribution in [0.25, 0.3) is 0 Å². The van der Waals surface area contributed by atoms with E-state index in [1.807, 2.05) is 0 Å². The summed E-state index contributed by atoms with van der Waals surface area (Å²) in [6, 6.07) is 9.47. The molecule has 1 aromatic rings. The lowest BCUT2D eigenvalue weighted by Gasteiger charge is -2.20. The number of hydrogen-bond acceptors (Lipinski definition) is 2. The van der Waals surface area contributed by atoms with Crippen LogP contribution in [-0.2, 0) is 0 Å². The third kappa shape index (κ3) is 7.52. The maximum Gasteiger partial charge on any atom is 0.119 e. The van der Waals surface area contributed by atoms with Crippen LogP contribution in [0.2, 0.25) is 0 Å². The van der Waals surface area contributed by atoms with Crippen LogP contribution < -0.4 is 10.1 Å². The zero-order valence-electron chi connectivity index (χ0n) is 14.5. The van der Waals surface area contributed by atoms with Gasteiger partial charge in [0.2, 0.25) is 0 Å². The lowest BCUT2D eigenvalue weighted by atomic mass is 10.1. The van der Waals surface area contributed by atoms with E-state index in [4.69, 9.17) is 4.74 Å². The molecule has 0 amide bonds. The van der Waals surface area contributed by atoms with Gasteiger partial charge < -0.3 is 10.1 Å². The molecule has 0 aliphatic carbocycles. The van der Waals surface area contributed by atoms with Gasteiger partial charge in [0.25, 0.3) is 0 Å². The van der Waals surface area contributed by atoms with Crippen LogP contribution in [0.3, 0.4) is 0 Å². The van der Waals surface area contributed by atoms with E-state index in [0.29, 0.717) is 18.0 Å². The topological polar surface area (TPSA) is 21.3 Å². The van der Waals surface area contributed by atoms with Crippen molar-refractivity contribution in [1.29, 1.82) is 0 Å². The Balaban J connectivity index is 2.41. The van der Waals surface area contributed by atoms with E-state index in [0.717, 1.165) is 12.4 Å². The van der Waals surface area contributed by atoms with Crippen molar-refractivity contribution in [3.05, 3.63) is 29.8 Å². The highest BCUT2D eigenvalue weighted by Gasteiger charge is 2.09. The average Bonchev–Trinajstić information content (AvgIpc) is 2.45. The summed E-state index contributed by atoms with van der Waals surface area (Å²) >= 11 is 0. The second kappa shape index (κ2) is 9.83. The first kappa shape index (κ1) is 18.0. The zero-order valence-corrected chi connectivity index (χ0v) is 14.5. The highest BCUT2D eigenvalue weighted by Crippen LogP contribution is 2.19. The maximum atomic E-state index is 5.73. The molecule has 0 aromatic heterocycles. The molecule has 2 unspecified atom stereocenters. The lowest BCUT2D eigenvalue weighted by Crippen LogP contribution is -2.28. The van der Waals surface area contributed by atoms with Crippen LogP contribution in [-0.4, -0.2) is 12.6 Å².